The van der Waals surface area contributed by atoms with E-state index in [1.807, 2.05) is 0 Å². The standard InChI is InChI=1S/C56H96NO9P/c1-3-5-7-9-11-13-15-17-19-21-23-25-26-27-29-31-33-35-37-39-41-43-45-47-49-63-50-53(51-64-67(61,62)65-52-54(57)56(59)60)66-55(58)48-46-44-42-40-38-36-34-32-30-28-24-22-20-18-16-14-12-10-8-6-4-2/h5,7,11,13,17,19,22-25,27,29,33,35,39,41,53-54H,3-4,6,8-10,12,14-16,18,20-21,26,28,30-32,34,36-38,40,42-52,57H2,1-2H3,(H,59,60)(H,61,62)/b7-5-,13-11-,19-17-,24-22-,25-23-,29-27-,35-33-,41-39-. The van der Waals surface area contributed by atoms with Crippen LogP contribution in [0.3, 0.4) is 0 Å². The highest BCUT2D eigenvalue weighted by Crippen LogP contribution is 2.43. The topological polar surface area (TPSA) is 155 Å². The number of allylic oxidation sites excluding steroid dienone is 16. The Balaban J connectivity index is 4.25. The predicted octanol–water partition coefficient (Wildman–Crippen LogP) is 15.7. The van der Waals surface area contributed by atoms with Crippen molar-refractivity contribution in [2.75, 3.05) is 26.4 Å². The van der Waals surface area contributed by atoms with E-state index in [-0.39, 0.29) is 13.0 Å². The molecule has 0 aliphatic heterocycles. The molecular weight excluding hydrogens is 862 g/mol. The molecule has 0 aromatic rings. The maximum absolute atomic E-state index is 12.7. The first-order valence-electron chi connectivity index (χ1n) is 26.3. The number of carbonyl (C=O) groups is 2. The van der Waals surface area contributed by atoms with Gasteiger partial charge in [-0.1, -0.05) is 201 Å². The normalized spacial score (nSPS) is 14.4. The van der Waals surface area contributed by atoms with Crippen LogP contribution in [0.15, 0.2) is 97.2 Å². The first-order valence-corrected chi connectivity index (χ1v) is 27.8. The summed E-state index contributed by atoms with van der Waals surface area (Å²) < 4.78 is 33.5. The Kier molecular flexibility index (Phi) is 48.4. The molecule has 10 nitrogen and oxygen atoms in total. The highest BCUT2D eigenvalue weighted by Gasteiger charge is 2.27. The minimum atomic E-state index is -4.64. The SMILES string of the molecule is CC/C=C\C/C=C\C/C=C\C/C=C\C/C=C\C/C=C\C/C=C\CCCCOCC(COP(=O)(O)OCC(N)C(=O)O)OC(=O)CCCCCCCCCCC/C=C\CCCCCCCCCC. The van der Waals surface area contributed by atoms with Crippen LogP contribution in [0, 0.1) is 0 Å². The van der Waals surface area contributed by atoms with Crippen molar-refractivity contribution >= 4 is 19.8 Å². The lowest BCUT2D eigenvalue weighted by Crippen LogP contribution is -2.34. The number of aliphatic carboxylic acids is 1. The van der Waals surface area contributed by atoms with Gasteiger partial charge in [0.1, 0.15) is 12.1 Å². The second-order valence-electron chi connectivity index (χ2n) is 17.3. The third kappa shape index (κ3) is 50.6. The van der Waals surface area contributed by atoms with Gasteiger partial charge in [-0.15, -0.1) is 0 Å². The van der Waals surface area contributed by atoms with Gasteiger partial charge in [0.2, 0.25) is 0 Å². The van der Waals surface area contributed by atoms with E-state index in [1.165, 1.54) is 96.3 Å². The summed E-state index contributed by atoms with van der Waals surface area (Å²) in [7, 11) is -4.64. The first kappa shape index (κ1) is 63.9. The summed E-state index contributed by atoms with van der Waals surface area (Å²) in [6, 6.07) is -1.49. The molecule has 0 aliphatic carbocycles. The van der Waals surface area contributed by atoms with Gasteiger partial charge in [0.05, 0.1) is 19.8 Å². The number of nitrogens with two attached hydrogens (primary N) is 1. The zero-order chi connectivity index (χ0) is 49.0. The summed E-state index contributed by atoms with van der Waals surface area (Å²) in [5, 5.41) is 8.94. The number of hydrogen-bond acceptors (Lipinski definition) is 8. The lowest BCUT2D eigenvalue weighted by molar-refractivity contribution is -0.154. The monoisotopic (exact) mass is 958 g/mol. The number of carboxylic acid groups (broad SMARTS) is 1. The zero-order valence-electron chi connectivity index (χ0n) is 42.2. The van der Waals surface area contributed by atoms with Gasteiger partial charge in [-0.05, 0) is 96.3 Å². The number of ether oxygens (including phenoxy) is 2. The molecule has 384 valence electrons. The van der Waals surface area contributed by atoms with E-state index in [1.54, 1.807) is 0 Å². The summed E-state index contributed by atoms with van der Waals surface area (Å²) in [4.78, 5) is 33.7. The van der Waals surface area contributed by atoms with E-state index in [9.17, 15) is 19.0 Å². The average molecular weight is 958 g/mol. The van der Waals surface area contributed by atoms with Gasteiger partial charge < -0.3 is 25.2 Å². The molecule has 67 heavy (non-hydrogen) atoms. The van der Waals surface area contributed by atoms with Crippen molar-refractivity contribution in [2.45, 2.75) is 219 Å². The number of rotatable bonds is 49. The number of carbonyl (C=O) groups excluding carboxylic acids is 1. The number of phosphoric ester groups is 1. The van der Waals surface area contributed by atoms with E-state index in [4.69, 9.17) is 29.4 Å². The number of hydrogen-bond donors (Lipinski definition) is 3. The molecule has 0 bridgehead atoms. The highest BCUT2D eigenvalue weighted by molar-refractivity contribution is 7.47. The van der Waals surface area contributed by atoms with E-state index in [0.29, 0.717) is 13.0 Å². The fourth-order valence-electron chi connectivity index (χ4n) is 6.81. The summed E-state index contributed by atoms with van der Waals surface area (Å²) in [6.45, 7) is 3.66. The Bertz CT molecular complexity index is 1430. The van der Waals surface area contributed by atoms with Crippen LogP contribution >= 0.6 is 7.82 Å². The van der Waals surface area contributed by atoms with Crippen LogP contribution in [-0.4, -0.2) is 60.5 Å². The lowest BCUT2D eigenvalue weighted by Gasteiger charge is -2.20. The second kappa shape index (κ2) is 50.8. The fraction of sp³-hybridized carbons (Fsp3) is 0.679. The largest absolute Gasteiger partial charge is 0.480 e. The molecule has 0 fully saturated rings. The van der Waals surface area contributed by atoms with Crippen molar-refractivity contribution in [3.63, 3.8) is 0 Å². The molecule has 0 rings (SSSR count). The second-order valence-corrected chi connectivity index (χ2v) is 18.7. The quantitative estimate of drug-likeness (QED) is 0.0232. The van der Waals surface area contributed by atoms with Crippen LogP contribution in [0.4, 0.5) is 0 Å². The molecule has 0 radical (unpaired) electrons. The molecule has 0 heterocycles. The Morgan fingerprint density at radius 3 is 1.31 bits per heavy atom. The number of esters is 1. The van der Waals surface area contributed by atoms with E-state index in [2.05, 4.69) is 111 Å². The molecule has 3 unspecified atom stereocenters. The molecule has 0 aliphatic rings. The maximum Gasteiger partial charge on any atom is 0.472 e. The summed E-state index contributed by atoms with van der Waals surface area (Å²) in [5.41, 5.74) is 5.37. The molecule has 11 heteroatoms. The molecule has 0 spiro atoms. The van der Waals surface area contributed by atoms with Crippen LogP contribution in [-0.2, 0) is 32.7 Å². The van der Waals surface area contributed by atoms with Crippen LogP contribution in [0.5, 0.6) is 0 Å². The molecule has 3 atom stereocenters. The summed E-state index contributed by atoms with van der Waals surface area (Å²) in [5.74, 6) is -1.80. The summed E-state index contributed by atoms with van der Waals surface area (Å²) in [6.07, 6.45) is 67.6. The maximum atomic E-state index is 12.7. The van der Waals surface area contributed by atoms with Crippen molar-refractivity contribution in [1.82, 2.24) is 0 Å². The summed E-state index contributed by atoms with van der Waals surface area (Å²) >= 11 is 0. The number of phosphoric acid groups is 1. The van der Waals surface area contributed by atoms with Gasteiger partial charge in [0, 0.05) is 13.0 Å². The third-order valence-electron chi connectivity index (χ3n) is 10.8. The van der Waals surface area contributed by atoms with Crippen molar-refractivity contribution < 1.29 is 42.7 Å². The molecule has 0 aromatic heterocycles. The minimum Gasteiger partial charge on any atom is -0.480 e. The van der Waals surface area contributed by atoms with Crippen molar-refractivity contribution in [3.8, 4) is 0 Å². The first-order chi connectivity index (χ1) is 32.7. The fourth-order valence-corrected chi connectivity index (χ4v) is 7.59. The highest BCUT2D eigenvalue weighted by atomic mass is 31.2. The third-order valence-corrected chi connectivity index (χ3v) is 11.8. The minimum absolute atomic E-state index is 0.0193. The number of carboxylic acids is 1. The Hall–Kier alpha value is -3.11. The van der Waals surface area contributed by atoms with Crippen molar-refractivity contribution in [1.29, 1.82) is 0 Å². The van der Waals surface area contributed by atoms with E-state index < -0.39 is 45.1 Å². The molecular formula is C56H96NO9P. The van der Waals surface area contributed by atoms with Crippen LogP contribution < -0.4 is 5.73 Å². The van der Waals surface area contributed by atoms with Crippen molar-refractivity contribution in [3.05, 3.63) is 97.2 Å². The average Bonchev–Trinajstić information content (AvgIpc) is 3.31. The Morgan fingerprint density at radius 2 is 0.866 bits per heavy atom. The Labute approximate surface area is 409 Å². The van der Waals surface area contributed by atoms with Crippen LogP contribution in [0.2, 0.25) is 0 Å². The molecule has 0 saturated carbocycles. The zero-order valence-corrected chi connectivity index (χ0v) is 43.1. The van der Waals surface area contributed by atoms with Gasteiger partial charge in [-0.25, -0.2) is 4.57 Å². The van der Waals surface area contributed by atoms with Gasteiger partial charge in [0.25, 0.3) is 0 Å². The predicted molar refractivity (Wildman–Crippen MR) is 281 cm³/mol. The van der Waals surface area contributed by atoms with Gasteiger partial charge in [0.15, 0.2) is 0 Å². The van der Waals surface area contributed by atoms with Gasteiger partial charge in [-0.2, -0.15) is 0 Å². The molecule has 0 aromatic carbocycles. The molecule has 4 N–H and O–H groups in total. The molecule has 0 saturated heterocycles. The van der Waals surface area contributed by atoms with Gasteiger partial charge in [-0.3, -0.25) is 18.6 Å². The lowest BCUT2D eigenvalue weighted by atomic mass is 10.1. The number of unbranched alkanes of at least 4 members (excludes halogenated alkanes) is 19. The molecule has 0 amide bonds. The smallest absolute Gasteiger partial charge is 0.472 e. The van der Waals surface area contributed by atoms with E-state index >= 15 is 0 Å². The Morgan fingerprint density at radius 1 is 0.493 bits per heavy atom. The van der Waals surface area contributed by atoms with E-state index in [0.717, 1.165) is 83.5 Å². The van der Waals surface area contributed by atoms with Gasteiger partial charge >= 0.3 is 19.8 Å². The van der Waals surface area contributed by atoms with Crippen LogP contribution in [0.25, 0.3) is 0 Å². The van der Waals surface area contributed by atoms with Crippen molar-refractivity contribution in [2.24, 2.45) is 5.73 Å². The van der Waals surface area contributed by atoms with Crippen LogP contribution in [0.1, 0.15) is 206 Å².